The van der Waals surface area contributed by atoms with Crippen LogP contribution in [0.4, 0.5) is 4.39 Å². The monoisotopic (exact) mass is 503 g/mol. The molecular weight excluding hydrogens is 488 g/mol. The second-order valence-electron chi connectivity index (χ2n) is 5.49. The molecule has 2 rings (SSSR count). The quantitative estimate of drug-likeness (QED) is 0.425. The average molecular weight is 504 g/mol. The predicted octanol–water partition coefficient (Wildman–Crippen LogP) is 4.64. The van der Waals surface area contributed by atoms with Crippen molar-refractivity contribution in [1.29, 1.82) is 0 Å². The van der Waals surface area contributed by atoms with Crippen LogP contribution in [0, 0.1) is 9.39 Å². The van der Waals surface area contributed by atoms with Crippen LogP contribution in [0.3, 0.4) is 0 Å². The van der Waals surface area contributed by atoms with Crippen LogP contribution in [-0.4, -0.2) is 30.7 Å². The Kier molecular flexibility index (Phi) is 6.91. The van der Waals surface area contributed by atoms with E-state index in [-0.39, 0.29) is 24.1 Å². The molecule has 6 heteroatoms. The molecule has 0 aliphatic heterocycles. The van der Waals surface area contributed by atoms with Crippen molar-refractivity contribution in [3.05, 3.63) is 67.5 Å². The van der Waals surface area contributed by atoms with Crippen molar-refractivity contribution in [3.8, 4) is 0 Å². The summed E-state index contributed by atoms with van der Waals surface area (Å²) in [4.78, 5) is 25.2. The first kappa shape index (κ1) is 19.1. The summed E-state index contributed by atoms with van der Waals surface area (Å²) in [6, 6.07) is 11.6. The summed E-state index contributed by atoms with van der Waals surface area (Å²) in [6.07, 6.45) is 1.10. The van der Waals surface area contributed by atoms with Crippen LogP contribution in [0.2, 0.25) is 0 Å². The van der Waals surface area contributed by atoms with Crippen molar-refractivity contribution < 1.29 is 14.0 Å². The van der Waals surface area contributed by atoms with E-state index in [2.05, 4.69) is 38.5 Å². The van der Waals surface area contributed by atoms with Crippen LogP contribution in [0.25, 0.3) is 0 Å². The lowest BCUT2D eigenvalue weighted by Gasteiger charge is -2.23. The number of rotatable bonds is 6. The zero-order chi connectivity index (χ0) is 17.7. The third kappa shape index (κ3) is 5.11. The lowest BCUT2D eigenvalue weighted by atomic mass is 9.95. The molecule has 3 nitrogen and oxygen atoms in total. The van der Waals surface area contributed by atoms with Crippen molar-refractivity contribution in [1.82, 2.24) is 4.90 Å². The minimum Gasteiger partial charge on any atom is -0.341 e. The molecular formula is C18H16BrFINO2. The first-order valence-electron chi connectivity index (χ1n) is 7.31. The van der Waals surface area contributed by atoms with Gasteiger partial charge in [0.15, 0.2) is 0 Å². The Bertz CT molecular complexity index is 716. The van der Waals surface area contributed by atoms with Crippen molar-refractivity contribution in [2.75, 3.05) is 13.6 Å². The minimum atomic E-state index is -0.322. The lowest BCUT2D eigenvalue weighted by molar-refractivity contribution is -0.108. The summed E-state index contributed by atoms with van der Waals surface area (Å²) >= 11 is 5.55. The van der Waals surface area contributed by atoms with E-state index in [1.54, 1.807) is 30.1 Å². The summed E-state index contributed by atoms with van der Waals surface area (Å²) < 4.78 is 14.9. The Morgan fingerprint density at radius 1 is 1.29 bits per heavy atom. The number of hydrogen-bond donors (Lipinski definition) is 0. The van der Waals surface area contributed by atoms with E-state index in [4.69, 9.17) is 0 Å². The molecule has 0 aliphatic rings. The Morgan fingerprint density at radius 2 is 1.96 bits per heavy atom. The van der Waals surface area contributed by atoms with Gasteiger partial charge in [-0.1, -0.05) is 28.1 Å². The van der Waals surface area contributed by atoms with E-state index in [0.29, 0.717) is 12.1 Å². The number of nitrogens with zero attached hydrogens (tertiary/aromatic N) is 1. The molecule has 0 saturated carbocycles. The maximum atomic E-state index is 13.1. The standard InChI is InChI=1S/C18H16BrFINO2/c1-22(18(24)14-8-15(19)10-17(21)9-14)11-13(6-7-23)12-2-4-16(20)5-3-12/h2-5,7-10,13H,6,11H2,1H3. The van der Waals surface area contributed by atoms with E-state index >= 15 is 0 Å². The van der Waals surface area contributed by atoms with E-state index in [9.17, 15) is 14.0 Å². The van der Waals surface area contributed by atoms with Crippen LogP contribution in [0.15, 0.2) is 46.9 Å². The second kappa shape index (κ2) is 8.71. The average Bonchev–Trinajstić information content (AvgIpc) is 2.53. The third-order valence-corrected chi connectivity index (χ3v) is 4.75. The molecule has 0 fully saturated rings. The summed E-state index contributed by atoms with van der Waals surface area (Å²) in [5.41, 5.74) is 1.42. The Morgan fingerprint density at radius 3 is 2.54 bits per heavy atom. The fourth-order valence-corrected chi connectivity index (χ4v) is 4.07. The molecule has 1 amide bonds. The van der Waals surface area contributed by atoms with Gasteiger partial charge in [-0.05, 0) is 58.5 Å². The van der Waals surface area contributed by atoms with E-state index < -0.39 is 0 Å². The van der Waals surface area contributed by atoms with E-state index in [1.165, 1.54) is 12.1 Å². The molecule has 126 valence electrons. The fourth-order valence-electron chi connectivity index (χ4n) is 2.48. The number of likely N-dealkylation sites (N-methyl/N-ethyl adjacent to an activating group) is 1. The Labute approximate surface area is 162 Å². The number of hydrogen-bond acceptors (Lipinski definition) is 2. The number of aldehydes is 1. The SMILES string of the molecule is CN(CC(CC=O)c1ccc(F)cc1)C(=O)c1cc(Br)cc(I)c1. The van der Waals surface area contributed by atoms with Gasteiger partial charge in [-0.25, -0.2) is 4.39 Å². The molecule has 2 aromatic carbocycles. The number of amides is 1. The Hall–Kier alpha value is -1.28. The van der Waals surface area contributed by atoms with Crippen LogP contribution in [0.5, 0.6) is 0 Å². The Balaban J connectivity index is 2.17. The molecule has 1 atom stereocenters. The number of carbonyl (C=O) groups excluding carboxylic acids is 2. The summed E-state index contributed by atoms with van der Waals surface area (Å²) in [6.45, 7) is 0.381. The van der Waals surface area contributed by atoms with Gasteiger partial charge in [-0.2, -0.15) is 0 Å². The van der Waals surface area contributed by atoms with Gasteiger partial charge in [0, 0.05) is 39.5 Å². The molecule has 0 spiro atoms. The lowest BCUT2D eigenvalue weighted by Crippen LogP contribution is -2.31. The largest absolute Gasteiger partial charge is 0.341 e. The maximum Gasteiger partial charge on any atom is 0.253 e. The van der Waals surface area contributed by atoms with Gasteiger partial charge in [-0.3, -0.25) is 4.79 Å². The highest BCUT2D eigenvalue weighted by Crippen LogP contribution is 2.22. The molecule has 2 aromatic rings. The second-order valence-corrected chi connectivity index (χ2v) is 7.66. The van der Waals surface area contributed by atoms with Gasteiger partial charge in [0.2, 0.25) is 0 Å². The van der Waals surface area contributed by atoms with Crippen LogP contribution in [0.1, 0.15) is 28.3 Å². The zero-order valence-corrected chi connectivity index (χ0v) is 16.8. The van der Waals surface area contributed by atoms with Crippen LogP contribution in [-0.2, 0) is 4.79 Å². The molecule has 24 heavy (non-hydrogen) atoms. The summed E-state index contributed by atoms with van der Waals surface area (Å²) in [7, 11) is 1.71. The van der Waals surface area contributed by atoms with Gasteiger partial charge >= 0.3 is 0 Å². The summed E-state index contributed by atoms with van der Waals surface area (Å²) in [5, 5.41) is 0. The van der Waals surface area contributed by atoms with Crippen LogP contribution >= 0.6 is 38.5 Å². The summed E-state index contributed by atoms with van der Waals surface area (Å²) in [5.74, 6) is -0.604. The zero-order valence-electron chi connectivity index (χ0n) is 13.0. The first-order valence-corrected chi connectivity index (χ1v) is 9.18. The van der Waals surface area contributed by atoms with Crippen LogP contribution < -0.4 is 0 Å². The highest BCUT2D eigenvalue weighted by molar-refractivity contribution is 14.1. The number of halogens is 3. The molecule has 0 aromatic heterocycles. The van der Waals surface area contributed by atoms with Crippen molar-refractivity contribution in [2.24, 2.45) is 0 Å². The smallest absolute Gasteiger partial charge is 0.253 e. The highest BCUT2D eigenvalue weighted by Gasteiger charge is 2.19. The molecule has 0 bridgehead atoms. The van der Waals surface area contributed by atoms with Gasteiger partial charge in [0.05, 0.1) is 0 Å². The number of carbonyl (C=O) groups is 2. The molecule has 1 unspecified atom stereocenters. The highest BCUT2D eigenvalue weighted by atomic mass is 127. The van der Waals surface area contributed by atoms with Gasteiger partial charge in [0.1, 0.15) is 12.1 Å². The van der Waals surface area contributed by atoms with Crippen molar-refractivity contribution in [2.45, 2.75) is 12.3 Å². The van der Waals surface area contributed by atoms with Crippen molar-refractivity contribution in [3.63, 3.8) is 0 Å². The van der Waals surface area contributed by atoms with E-state index in [0.717, 1.165) is 19.9 Å². The van der Waals surface area contributed by atoms with Gasteiger partial charge in [-0.15, -0.1) is 0 Å². The molecule has 0 N–H and O–H groups in total. The number of benzene rings is 2. The maximum absolute atomic E-state index is 13.1. The van der Waals surface area contributed by atoms with Crippen molar-refractivity contribution >= 4 is 50.7 Å². The molecule has 0 saturated heterocycles. The molecule has 0 aliphatic carbocycles. The first-order chi connectivity index (χ1) is 11.4. The molecule has 0 radical (unpaired) electrons. The minimum absolute atomic E-state index is 0.118. The topological polar surface area (TPSA) is 37.4 Å². The fraction of sp³-hybridized carbons (Fsp3) is 0.222. The third-order valence-electron chi connectivity index (χ3n) is 3.67. The normalized spacial score (nSPS) is 11.8. The van der Waals surface area contributed by atoms with Gasteiger partial charge < -0.3 is 9.69 Å². The van der Waals surface area contributed by atoms with Gasteiger partial charge in [0.25, 0.3) is 5.91 Å². The van der Waals surface area contributed by atoms with E-state index in [1.807, 2.05) is 12.1 Å². The molecule has 0 heterocycles. The predicted molar refractivity (Wildman–Crippen MR) is 104 cm³/mol.